The average molecular weight is 246 g/mol. The molecule has 0 aromatic carbocycles. The van der Waals surface area contributed by atoms with Crippen molar-refractivity contribution in [2.24, 2.45) is 0 Å². The molecule has 1 N–H and O–H groups in total. The molecule has 2 rings (SSSR count). The SMILES string of the molecule is N#Cc1nccnc1NCCCOC1CCCC1. The van der Waals surface area contributed by atoms with Crippen LogP contribution in [0.3, 0.4) is 0 Å². The van der Waals surface area contributed by atoms with Crippen molar-refractivity contribution in [3.8, 4) is 6.07 Å². The van der Waals surface area contributed by atoms with Gasteiger partial charge in [-0.15, -0.1) is 0 Å². The molecule has 0 aliphatic heterocycles. The lowest BCUT2D eigenvalue weighted by molar-refractivity contribution is 0.0583. The van der Waals surface area contributed by atoms with Crippen molar-refractivity contribution >= 4 is 5.82 Å². The van der Waals surface area contributed by atoms with E-state index >= 15 is 0 Å². The number of rotatable bonds is 6. The largest absolute Gasteiger partial charge is 0.378 e. The van der Waals surface area contributed by atoms with E-state index in [0.29, 0.717) is 17.6 Å². The zero-order valence-electron chi connectivity index (χ0n) is 10.4. The van der Waals surface area contributed by atoms with E-state index in [2.05, 4.69) is 15.3 Å². The van der Waals surface area contributed by atoms with Gasteiger partial charge in [-0.2, -0.15) is 5.26 Å². The molecule has 0 unspecified atom stereocenters. The number of hydrogen-bond acceptors (Lipinski definition) is 5. The number of ether oxygens (including phenoxy) is 1. The molecule has 0 amide bonds. The minimum atomic E-state index is 0.342. The van der Waals surface area contributed by atoms with Crippen LogP contribution in [0.2, 0.25) is 0 Å². The first kappa shape index (κ1) is 12.8. The number of nitrogens with zero attached hydrogens (tertiary/aromatic N) is 3. The van der Waals surface area contributed by atoms with Crippen LogP contribution in [0.5, 0.6) is 0 Å². The van der Waals surface area contributed by atoms with Crippen LogP contribution in [0.15, 0.2) is 12.4 Å². The van der Waals surface area contributed by atoms with E-state index < -0.39 is 0 Å². The summed E-state index contributed by atoms with van der Waals surface area (Å²) in [6.45, 7) is 1.51. The molecule has 1 aliphatic carbocycles. The van der Waals surface area contributed by atoms with E-state index in [1.165, 1.54) is 31.9 Å². The average Bonchev–Trinajstić information content (AvgIpc) is 2.92. The third-order valence-electron chi connectivity index (χ3n) is 3.07. The molecule has 1 aromatic heterocycles. The summed E-state index contributed by atoms with van der Waals surface area (Å²) in [4.78, 5) is 8.03. The van der Waals surface area contributed by atoms with Crippen molar-refractivity contribution in [1.29, 1.82) is 5.26 Å². The fourth-order valence-corrected chi connectivity index (χ4v) is 2.13. The van der Waals surface area contributed by atoms with Crippen LogP contribution in [0.1, 0.15) is 37.8 Å². The molecular weight excluding hydrogens is 228 g/mol. The van der Waals surface area contributed by atoms with Crippen molar-refractivity contribution < 1.29 is 4.74 Å². The van der Waals surface area contributed by atoms with Crippen molar-refractivity contribution in [2.75, 3.05) is 18.5 Å². The summed E-state index contributed by atoms with van der Waals surface area (Å²) in [5.41, 5.74) is 0.342. The van der Waals surface area contributed by atoms with E-state index in [-0.39, 0.29) is 0 Å². The van der Waals surface area contributed by atoms with E-state index in [0.717, 1.165) is 19.6 Å². The molecule has 0 bridgehead atoms. The van der Waals surface area contributed by atoms with Gasteiger partial charge in [0.15, 0.2) is 11.5 Å². The Morgan fingerprint density at radius 2 is 2.11 bits per heavy atom. The maximum absolute atomic E-state index is 8.85. The van der Waals surface area contributed by atoms with Crippen molar-refractivity contribution in [3.05, 3.63) is 18.1 Å². The molecule has 1 fully saturated rings. The zero-order chi connectivity index (χ0) is 12.6. The molecule has 18 heavy (non-hydrogen) atoms. The lowest BCUT2D eigenvalue weighted by atomic mass is 10.3. The van der Waals surface area contributed by atoms with Crippen LogP contribution >= 0.6 is 0 Å². The Labute approximate surface area is 107 Å². The fourth-order valence-electron chi connectivity index (χ4n) is 2.13. The maximum atomic E-state index is 8.85. The van der Waals surface area contributed by atoms with Gasteiger partial charge >= 0.3 is 0 Å². The number of nitriles is 1. The molecular formula is C13H18N4O. The summed E-state index contributed by atoms with van der Waals surface area (Å²) in [5.74, 6) is 0.556. The number of anilines is 1. The molecule has 0 radical (unpaired) electrons. The highest BCUT2D eigenvalue weighted by Crippen LogP contribution is 2.20. The molecule has 1 aromatic rings. The minimum absolute atomic E-state index is 0.342. The second-order valence-electron chi connectivity index (χ2n) is 4.42. The number of aromatic nitrogens is 2. The summed E-state index contributed by atoms with van der Waals surface area (Å²) in [6.07, 6.45) is 9.49. The molecule has 96 valence electrons. The van der Waals surface area contributed by atoms with E-state index in [4.69, 9.17) is 10.00 Å². The predicted octanol–water partition coefficient (Wildman–Crippen LogP) is 2.11. The zero-order valence-corrected chi connectivity index (χ0v) is 10.4. The van der Waals surface area contributed by atoms with E-state index in [9.17, 15) is 0 Å². The molecule has 0 atom stereocenters. The summed E-state index contributed by atoms with van der Waals surface area (Å²) < 4.78 is 5.76. The normalized spacial score (nSPS) is 15.5. The highest BCUT2D eigenvalue weighted by molar-refractivity contribution is 5.46. The highest BCUT2D eigenvalue weighted by Gasteiger charge is 2.14. The lowest BCUT2D eigenvalue weighted by Crippen LogP contribution is -2.13. The van der Waals surface area contributed by atoms with Crippen LogP contribution in [0.4, 0.5) is 5.82 Å². The second kappa shape index (κ2) is 6.92. The maximum Gasteiger partial charge on any atom is 0.182 e. The smallest absolute Gasteiger partial charge is 0.182 e. The molecule has 0 saturated heterocycles. The van der Waals surface area contributed by atoms with Crippen LogP contribution in [-0.4, -0.2) is 29.2 Å². The molecule has 5 nitrogen and oxygen atoms in total. The number of hydrogen-bond donors (Lipinski definition) is 1. The molecule has 1 aliphatic rings. The van der Waals surface area contributed by atoms with E-state index in [1.807, 2.05) is 6.07 Å². The van der Waals surface area contributed by atoms with Gasteiger partial charge < -0.3 is 10.1 Å². The topological polar surface area (TPSA) is 70.8 Å². The molecule has 1 heterocycles. The van der Waals surface area contributed by atoms with Crippen LogP contribution < -0.4 is 5.32 Å². The van der Waals surface area contributed by atoms with Gasteiger partial charge in [-0.25, -0.2) is 9.97 Å². The summed E-state index contributed by atoms with van der Waals surface area (Å²) in [6, 6.07) is 2.01. The quantitative estimate of drug-likeness (QED) is 0.778. The molecule has 0 spiro atoms. The lowest BCUT2D eigenvalue weighted by Gasteiger charge is -2.11. The summed E-state index contributed by atoms with van der Waals surface area (Å²) in [7, 11) is 0. The van der Waals surface area contributed by atoms with Crippen molar-refractivity contribution in [3.63, 3.8) is 0 Å². The Morgan fingerprint density at radius 3 is 2.89 bits per heavy atom. The van der Waals surface area contributed by atoms with Gasteiger partial charge in [-0.1, -0.05) is 12.8 Å². The molecule has 5 heteroatoms. The van der Waals surface area contributed by atoms with E-state index in [1.54, 1.807) is 6.20 Å². The first-order chi connectivity index (χ1) is 8.90. The van der Waals surface area contributed by atoms with Gasteiger partial charge in [0.25, 0.3) is 0 Å². The van der Waals surface area contributed by atoms with Crippen LogP contribution in [0.25, 0.3) is 0 Å². The minimum Gasteiger partial charge on any atom is -0.378 e. The standard InChI is InChI=1S/C13H18N4O/c14-10-12-13(17-8-7-15-12)16-6-3-9-18-11-4-1-2-5-11/h7-8,11H,1-6,9H2,(H,16,17). The van der Waals surface area contributed by atoms with Gasteiger partial charge in [0, 0.05) is 25.5 Å². The highest BCUT2D eigenvalue weighted by atomic mass is 16.5. The Balaban J connectivity index is 1.64. The van der Waals surface area contributed by atoms with Crippen LogP contribution in [0, 0.1) is 11.3 Å². The summed E-state index contributed by atoms with van der Waals surface area (Å²) >= 11 is 0. The first-order valence-corrected chi connectivity index (χ1v) is 6.46. The Bertz CT molecular complexity index is 410. The van der Waals surface area contributed by atoms with Gasteiger partial charge in [-0.05, 0) is 19.3 Å². The Kier molecular flexibility index (Phi) is 4.91. The third kappa shape index (κ3) is 3.67. The fraction of sp³-hybridized carbons (Fsp3) is 0.615. The van der Waals surface area contributed by atoms with Gasteiger partial charge in [-0.3, -0.25) is 0 Å². The number of nitrogens with one attached hydrogen (secondary N) is 1. The summed E-state index contributed by atoms with van der Waals surface area (Å²) in [5, 5.41) is 12.0. The predicted molar refractivity (Wildman–Crippen MR) is 68.1 cm³/mol. The van der Waals surface area contributed by atoms with Crippen LogP contribution in [-0.2, 0) is 4.74 Å². The monoisotopic (exact) mass is 246 g/mol. The Hall–Kier alpha value is -1.67. The van der Waals surface area contributed by atoms with Crippen molar-refractivity contribution in [1.82, 2.24) is 9.97 Å². The van der Waals surface area contributed by atoms with Gasteiger partial charge in [0.1, 0.15) is 6.07 Å². The Morgan fingerprint density at radius 1 is 1.33 bits per heavy atom. The first-order valence-electron chi connectivity index (χ1n) is 6.46. The molecule has 1 saturated carbocycles. The van der Waals surface area contributed by atoms with Crippen molar-refractivity contribution in [2.45, 2.75) is 38.2 Å². The second-order valence-corrected chi connectivity index (χ2v) is 4.42. The van der Waals surface area contributed by atoms with Gasteiger partial charge in [0.2, 0.25) is 0 Å². The van der Waals surface area contributed by atoms with Gasteiger partial charge in [0.05, 0.1) is 6.10 Å². The third-order valence-corrected chi connectivity index (χ3v) is 3.07.